The highest BCUT2D eigenvalue weighted by molar-refractivity contribution is 9.10. The second kappa shape index (κ2) is 7.05. The Morgan fingerprint density at radius 2 is 2.05 bits per heavy atom. The Morgan fingerprint density at radius 3 is 2.63 bits per heavy atom. The minimum absolute atomic E-state index is 0.166. The van der Waals surface area contributed by atoms with Gasteiger partial charge in [0.15, 0.2) is 0 Å². The van der Waals surface area contributed by atoms with Crippen LogP contribution in [0, 0.1) is 5.82 Å². The summed E-state index contributed by atoms with van der Waals surface area (Å²) >= 11 is 9.22. The molecule has 1 N–H and O–H groups in total. The van der Waals surface area contributed by atoms with E-state index in [2.05, 4.69) is 48.9 Å². The van der Waals surface area contributed by atoms with Crippen molar-refractivity contribution in [2.75, 3.05) is 6.54 Å². The quantitative estimate of drug-likeness (QED) is 0.687. The maximum atomic E-state index is 14.3. The molecule has 1 aromatic carbocycles. The van der Waals surface area contributed by atoms with Gasteiger partial charge in [0.25, 0.3) is 0 Å². The predicted octanol–water partition coefficient (Wildman–Crippen LogP) is 5.30. The molecule has 0 saturated carbocycles. The number of nitrogens with one attached hydrogen (secondary N) is 1. The average Bonchev–Trinajstić information content (AvgIpc) is 2.32. The molecule has 19 heavy (non-hydrogen) atoms. The molecule has 0 fully saturated rings. The lowest BCUT2D eigenvalue weighted by Gasteiger charge is -2.30. The van der Waals surface area contributed by atoms with Crippen LogP contribution in [0.15, 0.2) is 16.6 Å². The van der Waals surface area contributed by atoms with Gasteiger partial charge in [0.2, 0.25) is 0 Å². The van der Waals surface area contributed by atoms with Gasteiger partial charge in [0.1, 0.15) is 5.82 Å². The topological polar surface area (TPSA) is 12.0 Å². The first kappa shape index (κ1) is 16.9. The Hall–Kier alpha value is -0.120. The van der Waals surface area contributed by atoms with Gasteiger partial charge in [-0.2, -0.15) is 0 Å². The van der Waals surface area contributed by atoms with Crippen LogP contribution in [0.3, 0.4) is 0 Å². The Balaban J connectivity index is 2.91. The third-order valence-corrected chi connectivity index (χ3v) is 4.58. The Kier molecular flexibility index (Phi) is 6.28. The van der Waals surface area contributed by atoms with E-state index in [9.17, 15) is 4.39 Å². The van der Waals surface area contributed by atoms with Gasteiger partial charge in [0, 0.05) is 10.5 Å². The summed E-state index contributed by atoms with van der Waals surface area (Å²) in [4.78, 5) is 0. The molecule has 0 saturated heterocycles. The second-order valence-corrected chi connectivity index (χ2v) is 6.90. The molecule has 0 aliphatic heterocycles. The summed E-state index contributed by atoms with van der Waals surface area (Å²) in [5.74, 6) is -0.316. The molecule has 4 heteroatoms. The second-order valence-electron chi connectivity index (χ2n) is 5.67. The highest BCUT2D eigenvalue weighted by atomic mass is 79.9. The lowest BCUT2D eigenvalue weighted by molar-refractivity contribution is 0.377. The summed E-state index contributed by atoms with van der Waals surface area (Å²) < 4.78 is 14.9. The number of benzene rings is 1. The lowest BCUT2D eigenvalue weighted by atomic mass is 9.79. The maximum Gasteiger partial charge on any atom is 0.146 e. The zero-order valence-corrected chi connectivity index (χ0v) is 14.3. The largest absolute Gasteiger partial charge is 0.314 e. The van der Waals surface area contributed by atoms with Crippen molar-refractivity contribution in [2.45, 2.75) is 52.0 Å². The zero-order valence-electron chi connectivity index (χ0n) is 12.0. The molecule has 1 nitrogen and oxygen atoms in total. The molecule has 0 amide bonds. The highest BCUT2D eigenvalue weighted by Gasteiger charge is 2.27. The first-order chi connectivity index (χ1) is 8.79. The van der Waals surface area contributed by atoms with Gasteiger partial charge in [-0.25, -0.2) is 4.39 Å². The molecule has 0 aromatic heterocycles. The molecule has 1 atom stereocenters. The number of rotatable bonds is 6. The van der Waals surface area contributed by atoms with Gasteiger partial charge in [-0.15, -0.1) is 0 Å². The number of hydrogen-bond acceptors (Lipinski definition) is 1. The monoisotopic (exact) mass is 349 g/mol. The van der Waals surface area contributed by atoms with Gasteiger partial charge >= 0.3 is 0 Å². The van der Waals surface area contributed by atoms with Gasteiger partial charge < -0.3 is 5.32 Å². The van der Waals surface area contributed by atoms with E-state index in [1.165, 1.54) is 0 Å². The van der Waals surface area contributed by atoms with Crippen LogP contribution in [-0.2, 0) is 5.41 Å². The van der Waals surface area contributed by atoms with E-state index in [-0.39, 0.29) is 16.3 Å². The normalized spacial score (nSPS) is 13.6. The molecular formula is C15H22BrClFN. The van der Waals surface area contributed by atoms with Crippen molar-refractivity contribution in [1.29, 1.82) is 0 Å². The van der Waals surface area contributed by atoms with Crippen molar-refractivity contribution in [3.8, 4) is 0 Å². The highest BCUT2D eigenvalue weighted by Crippen LogP contribution is 2.36. The molecule has 1 unspecified atom stereocenters. The van der Waals surface area contributed by atoms with Crippen LogP contribution in [0.4, 0.5) is 4.39 Å². The summed E-state index contributed by atoms with van der Waals surface area (Å²) in [7, 11) is 0. The minimum atomic E-state index is -0.316. The zero-order chi connectivity index (χ0) is 14.6. The summed E-state index contributed by atoms with van der Waals surface area (Å²) in [6.45, 7) is 9.37. The fourth-order valence-corrected chi connectivity index (χ4v) is 2.86. The predicted molar refractivity (Wildman–Crippen MR) is 84.5 cm³/mol. The van der Waals surface area contributed by atoms with Gasteiger partial charge in [-0.3, -0.25) is 0 Å². The molecule has 0 radical (unpaired) electrons. The Morgan fingerprint density at radius 1 is 1.42 bits per heavy atom. The van der Waals surface area contributed by atoms with E-state index in [1.807, 2.05) is 12.1 Å². The molecule has 0 heterocycles. The number of halogens is 3. The van der Waals surface area contributed by atoms with Crippen molar-refractivity contribution in [2.24, 2.45) is 0 Å². The Labute approximate surface area is 129 Å². The maximum absolute atomic E-state index is 14.3. The van der Waals surface area contributed by atoms with E-state index < -0.39 is 0 Å². The lowest BCUT2D eigenvalue weighted by Crippen LogP contribution is -2.34. The van der Waals surface area contributed by atoms with Crippen LogP contribution in [0.25, 0.3) is 0 Å². The number of hydrogen-bond donors (Lipinski definition) is 1. The van der Waals surface area contributed by atoms with E-state index in [0.717, 1.165) is 19.4 Å². The standard InChI is InChI=1S/C15H22BrClFN/c1-5-8-19-10(2)9-15(3,4)11-6-7-12(16)13(17)14(11)18/h6-7,10,19H,5,8-9H2,1-4H3. The minimum Gasteiger partial charge on any atom is -0.314 e. The molecule has 0 spiro atoms. The molecule has 1 rings (SSSR count). The van der Waals surface area contributed by atoms with Crippen LogP contribution in [0.1, 0.15) is 46.1 Å². The van der Waals surface area contributed by atoms with Gasteiger partial charge in [-0.1, -0.05) is 38.4 Å². The van der Waals surface area contributed by atoms with Crippen molar-refractivity contribution >= 4 is 27.5 Å². The summed E-state index contributed by atoms with van der Waals surface area (Å²) in [5.41, 5.74) is 0.417. The van der Waals surface area contributed by atoms with Crippen LogP contribution < -0.4 is 5.32 Å². The van der Waals surface area contributed by atoms with Crippen LogP contribution in [-0.4, -0.2) is 12.6 Å². The van der Waals surface area contributed by atoms with Crippen molar-refractivity contribution in [1.82, 2.24) is 5.32 Å². The Bertz CT molecular complexity index is 434. The van der Waals surface area contributed by atoms with Crippen molar-refractivity contribution in [3.63, 3.8) is 0 Å². The summed E-state index contributed by atoms with van der Waals surface area (Å²) in [6.07, 6.45) is 1.96. The van der Waals surface area contributed by atoms with Crippen molar-refractivity contribution < 1.29 is 4.39 Å². The molecule has 108 valence electrons. The fourth-order valence-electron chi connectivity index (χ4n) is 2.39. The van der Waals surface area contributed by atoms with Gasteiger partial charge in [-0.05, 0) is 59.3 Å². The molecule has 1 aromatic rings. The first-order valence-corrected chi connectivity index (χ1v) is 7.84. The third-order valence-electron chi connectivity index (χ3n) is 3.32. The third kappa shape index (κ3) is 4.44. The molecule has 0 aliphatic carbocycles. The van der Waals surface area contributed by atoms with Gasteiger partial charge in [0.05, 0.1) is 5.02 Å². The molecule has 0 bridgehead atoms. The molecule has 0 aliphatic rings. The first-order valence-electron chi connectivity index (χ1n) is 6.67. The van der Waals surface area contributed by atoms with Crippen LogP contribution in [0.5, 0.6) is 0 Å². The smallest absolute Gasteiger partial charge is 0.146 e. The van der Waals surface area contributed by atoms with E-state index in [0.29, 0.717) is 16.1 Å². The summed E-state index contributed by atoms with van der Waals surface area (Å²) in [6, 6.07) is 3.97. The van der Waals surface area contributed by atoms with Crippen LogP contribution >= 0.6 is 27.5 Å². The summed E-state index contributed by atoms with van der Waals surface area (Å²) in [5, 5.41) is 3.61. The van der Waals surface area contributed by atoms with Crippen molar-refractivity contribution in [3.05, 3.63) is 33.0 Å². The SMILES string of the molecule is CCCNC(C)CC(C)(C)c1ccc(Br)c(Cl)c1F. The van der Waals surface area contributed by atoms with E-state index in [1.54, 1.807) is 0 Å². The van der Waals surface area contributed by atoms with E-state index in [4.69, 9.17) is 11.6 Å². The van der Waals surface area contributed by atoms with Crippen LogP contribution in [0.2, 0.25) is 5.02 Å². The van der Waals surface area contributed by atoms with E-state index >= 15 is 0 Å². The average molecular weight is 351 g/mol. The molecular weight excluding hydrogens is 329 g/mol. The fraction of sp³-hybridized carbons (Fsp3) is 0.600.